The maximum Gasteiger partial charge on any atom is 0.335 e. The van der Waals surface area contributed by atoms with E-state index in [-0.39, 0.29) is 17.7 Å². The van der Waals surface area contributed by atoms with Gasteiger partial charge in [-0.15, -0.1) is 0 Å². The van der Waals surface area contributed by atoms with Crippen LogP contribution in [0.25, 0.3) is 16.6 Å². The molecule has 1 N–H and O–H groups in total. The van der Waals surface area contributed by atoms with Crippen LogP contribution in [0.5, 0.6) is 5.88 Å². The first-order valence-corrected chi connectivity index (χ1v) is 13.8. The van der Waals surface area contributed by atoms with Gasteiger partial charge >= 0.3 is 5.97 Å². The van der Waals surface area contributed by atoms with E-state index >= 15 is 0 Å². The minimum Gasteiger partial charge on any atom is -0.478 e. The van der Waals surface area contributed by atoms with Gasteiger partial charge in [0.05, 0.1) is 47.1 Å². The van der Waals surface area contributed by atoms with Crippen molar-refractivity contribution in [2.24, 2.45) is 11.8 Å². The van der Waals surface area contributed by atoms with Gasteiger partial charge in [-0.3, -0.25) is 4.90 Å². The van der Waals surface area contributed by atoms with Crippen LogP contribution < -0.4 is 4.74 Å². The number of likely N-dealkylation sites (tertiary alicyclic amines) is 1. The number of imidazole rings is 1. The van der Waals surface area contributed by atoms with Gasteiger partial charge in [0.1, 0.15) is 18.2 Å². The van der Waals surface area contributed by atoms with Crippen molar-refractivity contribution in [3.63, 3.8) is 0 Å². The lowest BCUT2D eigenvalue weighted by Crippen LogP contribution is -2.24. The second-order valence-corrected chi connectivity index (χ2v) is 10.8. The molecular formula is C32H30FN5O4. The lowest BCUT2D eigenvalue weighted by Gasteiger charge is -2.18. The molecule has 42 heavy (non-hydrogen) atoms. The van der Waals surface area contributed by atoms with Crippen LogP contribution in [0.15, 0.2) is 60.7 Å². The third kappa shape index (κ3) is 5.62. The second kappa shape index (κ2) is 11.7. The number of allylic oxidation sites excluding steroid dienone is 1. The largest absolute Gasteiger partial charge is 0.478 e. The summed E-state index contributed by atoms with van der Waals surface area (Å²) in [4.78, 5) is 23.5. The number of hydrogen-bond donors (Lipinski definition) is 1. The van der Waals surface area contributed by atoms with Crippen LogP contribution in [0.4, 0.5) is 4.39 Å². The van der Waals surface area contributed by atoms with E-state index in [0.717, 1.165) is 42.1 Å². The van der Waals surface area contributed by atoms with Crippen LogP contribution >= 0.6 is 0 Å². The molecule has 6 rings (SSSR count). The number of pyridine rings is 1. The molecule has 9 nitrogen and oxygen atoms in total. The number of carbonyl (C=O) groups is 1. The molecule has 2 unspecified atom stereocenters. The highest BCUT2D eigenvalue weighted by atomic mass is 19.1. The number of ether oxygens (including phenoxy) is 2. The molecule has 2 atom stereocenters. The lowest BCUT2D eigenvalue weighted by molar-refractivity contribution is 0.0697. The summed E-state index contributed by atoms with van der Waals surface area (Å²) in [5, 5.41) is 18.4. The fourth-order valence-corrected chi connectivity index (χ4v) is 5.94. The number of hydrogen-bond acceptors (Lipinski definition) is 7. The number of aromatic carboxylic acids is 1. The van der Waals surface area contributed by atoms with Crippen LogP contribution in [-0.2, 0) is 24.4 Å². The van der Waals surface area contributed by atoms with Crippen LogP contribution in [-0.4, -0.2) is 57.3 Å². The highest BCUT2D eigenvalue weighted by Gasteiger charge is 2.37. The van der Waals surface area contributed by atoms with Gasteiger partial charge in [-0.05, 0) is 60.2 Å². The normalized spacial score (nSPS) is 18.2. The SMILES string of the molecule is COCCn1c(CN2CC3C=C(c4cccc(OCc5ccc(C#N)cc5F)n4)CC3C2)nc2ccc(C(=O)O)cc21. The van der Waals surface area contributed by atoms with Gasteiger partial charge in [0.2, 0.25) is 5.88 Å². The highest BCUT2D eigenvalue weighted by Crippen LogP contribution is 2.41. The first kappa shape index (κ1) is 27.6. The van der Waals surface area contributed by atoms with Crippen LogP contribution in [0.2, 0.25) is 0 Å². The predicted molar refractivity (Wildman–Crippen MR) is 153 cm³/mol. The molecule has 2 aromatic carbocycles. The van der Waals surface area contributed by atoms with E-state index < -0.39 is 11.8 Å². The summed E-state index contributed by atoms with van der Waals surface area (Å²) in [6.45, 7) is 3.62. The molecule has 214 valence electrons. The fraction of sp³-hybridized carbons (Fsp3) is 0.312. The molecule has 1 saturated heterocycles. The second-order valence-electron chi connectivity index (χ2n) is 10.8. The first-order chi connectivity index (χ1) is 20.4. The van der Waals surface area contributed by atoms with Crippen LogP contribution in [0.3, 0.4) is 0 Å². The molecule has 1 fully saturated rings. The molecule has 0 radical (unpaired) electrons. The Morgan fingerprint density at radius 3 is 2.81 bits per heavy atom. The van der Waals surface area contributed by atoms with Crippen molar-refractivity contribution in [1.29, 1.82) is 5.26 Å². The van der Waals surface area contributed by atoms with Gasteiger partial charge < -0.3 is 19.1 Å². The van der Waals surface area contributed by atoms with Crippen molar-refractivity contribution >= 4 is 22.6 Å². The number of nitrogens with zero attached hydrogens (tertiary/aromatic N) is 5. The van der Waals surface area contributed by atoms with Crippen LogP contribution in [0.1, 0.15) is 39.4 Å². The maximum absolute atomic E-state index is 14.2. The summed E-state index contributed by atoms with van der Waals surface area (Å²) < 4.78 is 27.4. The van der Waals surface area contributed by atoms with Gasteiger partial charge in [-0.2, -0.15) is 5.26 Å². The Bertz CT molecular complexity index is 1730. The fourth-order valence-electron chi connectivity index (χ4n) is 5.94. The number of carboxylic acids is 1. The third-order valence-electron chi connectivity index (χ3n) is 8.03. The summed E-state index contributed by atoms with van der Waals surface area (Å²) in [5.41, 5.74) is 4.52. The Morgan fingerprint density at radius 1 is 1.17 bits per heavy atom. The molecular weight excluding hydrogens is 537 g/mol. The van der Waals surface area contributed by atoms with E-state index in [1.165, 1.54) is 11.6 Å². The number of methoxy groups -OCH3 is 1. The lowest BCUT2D eigenvalue weighted by atomic mass is 9.99. The summed E-state index contributed by atoms with van der Waals surface area (Å²) in [5.74, 6) is 0.764. The molecule has 4 aromatic rings. The van der Waals surface area contributed by atoms with Gasteiger partial charge in [0.15, 0.2) is 0 Å². The van der Waals surface area contributed by atoms with Gasteiger partial charge in [-0.25, -0.2) is 19.2 Å². The summed E-state index contributed by atoms with van der Waals surface area (Å²) >= 11 is 0. The van der Waals surface area contributed by atoms with Crippen molar-refractivity contribution in [2.45, 2.75) is 26.1 Å². The minimum absolute atomic E-state index is 0.0278. The van der Waals surface area contributed by atoms with Crippen molar-refractivity contribution in [3.8, 4) is 11.9 Å². The number of rotatable bonds is 10. The monoisotopic (exact) mass is 567 g/mol. The Hall–Kier alpha value is -4.59. The predicted octanol–water partition coefficient (Wildman–Crippen LogP) is 4.90. The topological polar surface area (TPSA) is 114 Å². The quantitative estimate of drug-likeness (QED) is 0.288. The smallest absolute Gasteiger partial charge is 0.335 e. The maximum atomic E-state index is 14.2. The third-order valence-corrected chi connectivity index (χ3v) is 8.03. The van der Waals surface area contributed by atoms with E-state index in [1.54, 1.807) is 43.5 Å². The summed E-state index contributed by atoms with van der Waals surface area (Å²) in [7, 11) is 1.65. The van der Waals surface area contributed by atoms with E-state index in [1.807, 2.05) is 18.2 Å². The van der Waals surface area contributed by atoms with Crippen molar-refractivity contribution in [2.75, 3.05) is 26.8 Å². The summed E-state index contributed by atoms with van der Waals surface area (Å²) in [6.07, 6.45) is 3.22. The standard InChI is InChI=1S/C32H30FN5O4/c1-41-10-9-38-29-14-21(32(39)40)7-8-28(29)35-30(38)18-37-16-24-12-23(13-25(24)17-37)27-3-2-4-31(36-27)42-19-22-6-5-20(15-34)11-26(22)33/h2-8,11-12,14,24-25H,9-10,13,16-19H2,1H3,(H,39,40). The van der Waals surface area contributed by atoms with Gasteiger partial charge in [0.25, 0.3) is 0 Å². The molecule has 2 aromatic heterocycles. The Kier molecular flexibility index (Phi) is 7.69. The van der Waals surface area contributed by atoms with Crippen LogP contribution in [0, 0.1) is 29.0 Å². The van der Waals surface area contributed by atoms with Crippen molar-refractivity contribution in [1.82, 2.24) is 19.4 Å². The number of aromatic nitrogens is 3. The number of carboxylic acid groups (broad SMARTS) is 1. The zero-order valence-corrected chi connectivity index (χ0v) is 23.2. The molecule has 0 spiro atoms. The van der Waals surface area contributed by atoms with Gasteiger partial charge in [0, 0.05) is 38.4 Å². The first-order valence-electron chi connectivity index (χ1n) is 13.8. The van der Waals surface area contributed by atoms with Crippen molar-refractivity contribution in [3.05, 3.63) is 94.7 Å². The molecule has 2 aliphatic rings. The number of benzene rings is 2. The minimum atomic E-state index is -0.959. The van der Waals surface area contributed by atoms with E-state index in [9.17, 15) is 14.3 Å². The summed E-state index contributed by atoms with van der Waals surface area (Å²) in [6, 6.07) is 16.9. The van der Waals surface area contributed by atoms with E-state index in [2.05, 4.69) is 20.5 Å². The average Bonchev–Trinajstić information content (AvgIpc) is 3.66. The Morgan fingerprint density at radius 2 is 2.05 bits per heavy atom. The highest BCUT2D eigenvalue weighted by molar-refractivity contribution is 5.92. The zero-order chi connectivity index (χ0) is 29.2. The molecule has 3 heterocycles. The molecule has 1 aliphatic carbocycles. The molecule has 0 bridgehead atoms. The van der Waals surface area contributed by atoms with Gasteiger partial charge in [-0.1, -0.05) is 18.2 Å². The Labute approximate surface area is 242 Å². The molecule has 10 heteroatoms. The number of fused-ring (bicyclic) bond motifs is 2. The number of nitriles is 1. The number of halogens is 1. The molecule has 0 amide bonds. The Balaban J connectivity index is 1.13. The van der Waals surface area contributed by atoms with E-state index in [4.69, 9.17) is 19.7 Å². The van der Waals surface area contributed by atoms with Crippen molar-refractivity contribution < 1.29 is 23.8 Å². The zero-order valence-electron chi connectivity index (χ0n) is 23.2. The molecule has 0 saturated carbocycles. The van der Waals surface area contributed by atoms with E-state index in [0.29, 0.717) is 43.0 Å². The average molecular weight is 568 g/mol. The molecule has 1 aliphatic heterocycles.